The summed E-state index contributed by atoms with van der Waals surface area (Å²) in [4.78, 5) is 14.8. The van der Waals surface area contributed by atoms with Crippen molar-refractivity contribution in [3.8, 4) is 0 Å². The zero-order valence-electron chi connectivity index (χ0n) is 10.2. The van der Waals surface area contributed by atoms with Crippen LogP contribution in [0.4, 0.5) is 0 Å². The molecule has 0 aliphatic carbocycles. The van der Waals surface area contributed by atoms with Gasteiger partial charge in [-0.05, 0) is 17.7 Å². The molecule has 19 heavy (non-hydrogen) atoms. The number of carbonyl (C=O) groups is 1. The van der Waals surface area contributed by atoms with Crippen molar-refractivity contribution < 1.29 is 14.3 Å². The van der Waals surface area contributed by atoms with E-state index in [-0.39, 0.29) is 12.3 Å². The molecule has 0 radical (unpaired) electrons. The number of nitrogens with zero attached hydrogens (tertiary/aromatic N) is 2. The second-order valence-corrected chi connectivity index (χ2v) is 3.88. The molecule has 0 N–H and O–H groups in total. The molecular weight excluding hydrogens is 240 g/mol. The largest absolute Gasteiger partial charge is 0.452 e. The summed E-state index contributed by atoms with van der Waals surface area (Å²) in [6, 6.07) is 18.0. The molecule has 0 aliphatic heterocycles. The van der Waals surface area contributed by atoms with Gasteiger partial charge in [-0.1, -0.05) is 48.5 Å². The van der Waals surface area contributed by atoms with Crippen LogP contribution in [0, 0.1) is 0 Å². The van der Waals surface area contributed by atoms with Crippen LogP contribution >= 0.6 is 0 Å². The molecular formula is C15H12N2O2. The predicted octanol–water partition coefficient (Wildman–Crippen LogP) is 2.45. The summed E-state index contributed by atoms with van der Waals surface area (Å²) >= 11 is 0. The summed E-state index contributed by atoms with van der Waals surface area (Å²) in [5.74, 6) is -0.655. The topological polar surface area (TPSA) is 62.7 Å². The SMILES string of the molecule is [N-]=[N+]=C(C(=O)OCc1ccccc1)c1ccccc1. The molecule has 0 atom stereocenters. The Morgan fingerprint density at radius 1 is 1.00 bits per heavy atom. The van der Waals surface area contributed by atoms with Crippen LogP contribution < -0.4 is 0 Å². The van der Waals surface area contributed by atoms with E-state index in [0.717, 1.165) is 5.56 Å². The molecule has 94 valence electrons. The van der Waals surface area contributed by atoms with Crippen LogP contribution in [0.3, 0.4) is 0 Å². The van der Waals surface area contributed by atoms with Crippen LogP contribution in [-0.4, -0.2) is 16.5 Å². The fourth-order valence-corrected chi connectivity index (χ4v) is 1.60. The quantitative estimate of drug-likeness (QED) is 0.363. The highest BCUT2D eigenvalue weighted by molar-refractivity contribution is 6.40. The number of hydrogen-bond donors (Lipinski definition) is 0. The Hall–Kier alpha value is -2.71. The Morgan fingerprint density at radius 3 is 2.16 bits per heavy atom. The van der Waals surface area contributed by atoms with E-state index in [9.17, 15) is 4.79 Å². The van der Waals surface area contributed by atoms with E-state index >= 15 is 0 Å². The summed E-state index contributed by atoms with van der Waals surface area (Å²) in [5.41, 5.74) is 10.2. The van der Waals surface area contributed by atoms with E-state index in [2.05, 4.69) is 4.79 Å². The van der Waals surface area contributed by atoms with Gasteiger partial charge >= 0.3 is 11.7 Å². The van der Waals surface area contributed by atoms with Gasteiger partial charge in [-0.3, -0.25) is 0 Å². The summed E-state index contributed by atoms with van der Waals surface area (Å²) in [7, 11) is 0. The molecule has 0 amide bonds. The Bertz CT molecular complexity index is 603. The average Bonchev–Trinajstić information content (AvgIpc) is 2.48. The highest BCUT2D eigenvalue weighted by Gasteiger charge is 2.24. The fourth-order valence-electron chi connectivity index (χ4n) is 1.60. The number of carbonyl (C=O) groups excluding carboxylic acids is 1. The van der Waals surface area contributed by atoms with Gasteiger partial charge in [-0.2, -0.15) is 4.79 Å². The molecule has 0 heterocycles. The van der Waals surface area contributed by atoms with Gasteiger partial charge < -0.3 is 10.3 Å². The lowest BCUT2D eigenvalue weighted by Crippen LogP contribution is -2.19. The van der Waals surface area contributed by atoms with Crippen LogP contribution in [0.15, 0.2) is 60.7 Å². The number of hydrogen-bond acceptors (Lipinski definition) is 2. The summed E-state index contributed by atoms with van der Waals surface area (Å²) in [6.07, 6.45) is 0. The van der Waals surface area contributed by atoms with Crippen molar-refractivity contribution in [3.63, 3.8) is 0 Å². The molecule has 0 spiro atoms. The Morgan fingerprint density at radius 2 is 1.58 bits per heavy atom. The van der Waals surface area contributed by atoms with Gasteiger partial charge in [-0.25, -0.2) is 4.79 Å². The van der Waals surface area contributed by atoms with Gasteiger partial charge in [-0.15, -0.1) is 0 Å². The van der Waals surface area contributed by atoms with Crippen LogP contribution in [0.1, 0.15) is 11.1 Å². The van der Waals surface area contributed by atoms with Crippen LogP contribution in [-0.2, 0) is 16.1 Å². The molecule has 0 unspecified atom stereocenters. The number of esters is 1. The lowest BCUT2D eigenvalue weighted by Gasteiger charge is -2.02. The van der Waals surface area contributed by atoms with E-state index in [1.165, 1.54) is 0 Å². The maximum atomic E-state index is 11.8. The standard InChI is InChI=1S/C15H12N2O2/c16-17-14(13-9-5-2-6-10-13)15(18)19-11-12-7-3-1-4-8-12/h1-10H,11H2. The van der Waals surface area contributed by atoms with Crippen molar-refractivity contribution >= 4 is 11.7 Å². The second-order valence-electron chi connectivity index (χ2n) is 3.88. The minimum absolute atomic E-state index is 0.100. The molecule has 2 rings (SSSR count). The van der Waals surface area contributed by atoms with Gasteiger partial charge in [0.05, 0.1) is 5.56 Å². The minimum atomic E-state index is -0.655. The van der Waals surface area contributed by atoms with Crippen molar-refractivity contribution in [1.82, 2.24) is 0 Å². The van der Waals surface area contributed by atoms with Crippen LogP contribution in [0.5, 0.6) is 0 Å². The zero-order chi connectivity index (χ0) is 13.5. The third-order valence-electron chi connectivity index (χ3n) is 2.55. The van der Waals surface area contributed by atoms with Gasteiger partial charge in [0.2, 0.25) is 0 Å². The average molecular weight is 252 g/mol. The maximum absolute atomic E-state index is 11.8. The molecule has 0 bridgehead atoms. The normalized spacial score (nSPS) is 9.47. The first-order valence-electron chi connectivity index (χ1n) is 5.80. The van der Waals surface area contributed by atoms with Crippen molar-refractivity contribution in [1.29, 1.82) is 0 Å². The number of rotatable bonds is 4. The van der Waals surface area contributed by atoms with E-state index in [1.54, 1.807) is 24.3 Å². The Balaban J connectivity index is 2.05. The first-order chi connectivity index (χ1) is 9.31. The van der Waals surface area contributed by atoms with E-state index in [4.69, 9.17) is 10.3 Å². The van der Waals surface area contributed by atoms with Gasteiger partial charge in [0.1, 0.15) is 6.61 Å². The minimum Gasteiger partial charge on any atom is -0.452 e. The molecule has 0 aromatic heterocycles. The Labute approximate surface area is 110 Å². The highest BCUT2D eigenvalue weighted by atomic mass is 16.5. The summed E-state index contributed by atoms with van der Waals surface area (Å²) < 4.78 is 5.11. The first kappa shape index (κ1) is 12.7. The lowest BCUT2D eigenvalue weighted by molar-refractivity contribution is -0.141. The van der Waals surface area contributed by atoms with E-state index < -0.39 is 5.97 Å². The molecule has 0 fully saturated rings. The smallest absolute Gasteiger partial charge is 0.422 e. The van der Waals surface area contributed by atoms with Crippen molar-refractivity contribution in [2.24, 2.45) is 0 Å². The fraction of sp³-hybridized carbons (Fsp3) is 0.0667. The molecule has 2 aromatic rings. The van der Waals surface area contributed by atoms with Crippen molar-refractivity contribution in [2.75, 3.05) is 0 Å². The predicted molar refractivity (Wildman–Crippen MR) is 70.4 cm³/mol. The van der Waals surface area contributed by atoms with Gasteiger partial charge in [0.25, 0.3) is 0 Å². The third-order valence-corrected chi connectivity index (χ3v) is 2.55. The molecule has 0 saturated heterocycles. The van der Waals surface area contributed by atoms with Gasteiger partial charge in [0.15, 0.2) is 0 Å². The molecule has 4 heteroatoms. The maximum Gasteiger partial charge on any atom is 0.422 e. The molecule has 0 aliphatic rings. The molecule has 0 saturated carbocycles. The molecule has 4 nitrogen and oxygen atoms in total. The van der Waals surface area contributed by atoms with E-state index in [0.29, 0.717) is 5.56 Å². The second kappa shape index (κ2) is 6.28. The van der Waals surface area contributed by atoms with E-state index in [1.807, 2.05) is 36.4 Å². The number of ether oxygens (including phenoxy) is 1. The van der Waals surface area contributed by atoms with Crippen molar-refractivity contribution in [2.45, 2.75) is 6.61 Å². The first-order valence-corrected chi connectivity index (χ1v) is 5.80. The third kappa shape index (κ3) is 3.37. The highest BCUT2D eigenvalue weighted by Crippen LogP contribution is 2.04. The summed E-state index contributed by atoms with van der Waals surface area (Å²) in [5, 5.41) is 0. The Kier molecular flexibility index (Phi) is 4.21. The monoisotopic (exact) mass is 252 g/mol. The number of benzene rings is 2. The molecule has 2 aromatic carbocycles. The zero-order valence-corrected chi connectivity index (χ0v) is 10.2. The lowest BCUT2D eigenvalue weighted by atomic mass is 10.1. The van der Waals surface area contributed by atoms with Gasteiger partial charge in [0, 0.05) is 0 Å². The van der Waals surface area contributed by atoms with Crippen LogP contribution in [0.25, 0.3) is 5.53 Å². The summed E-state index contributed by atoms with van der Waals surface area (Å²) in [6.45, 7) is 0.144. The van der Waals surface area contributed by atoms with Crippen LogP contribution in [0.2, 0.25) is 0 Å². The van der Waals surface area contributed by atoms with Crippen molar-refractivity contribution in [3.05, 3.63) is 77.3 Å².